The normalized spacial score (nSPS) is 14.1. The fourth-order valence-corrected chi connectivity index (χ4v) is 3.96. The van der Waals surface area contributed by atoms with Crippen LogP contribution >= 0.6 is 11.6 Å². The molecule has 14 heteroatoms. The number of nitrogens with zero attached hydrogens (tertiary/aromatic N) is 5. The predicted octanol–water partition coefficient (Wildman–Crippen LogP) is 1.40. The van der Waals surface area contributed by atoms with Crippen LogP contribution < -0.4 is 10.6 Å². The smallest absolute Gasteiger partial charge is 0.335 e. The molecule has 1 saturated heterocycles. The van der Waals surface area contributed by atoms with Crippen LogP contribution in [0.4, 0.5) is 5.69 Å². The fraction of sp³-hybridized carbons (Fsp3) is 0.240. The van der Waals surface area contributed by atoms with E-state index in [-0.39, 0.29) is 17.9 Å². The van der Waals surface area contributed by atoms with E-state index in [4.69, 9.17) is 21.4 Å². The van der Waals surface area contributed by atoms with Crippen LogP contribution in [0.15, 0.2) is 54.9 Å². The van der Waals surface area contributed by atoms with Crippen molar-refractivity contribution in [3.05, 3.63) is 71.0 Å². The topological polar surface area (TPSA) is 169 Å². The number of carboxylic acid groups (broad SMARTS) is 1. The van der Waals surface area contributed by atoms with Crippen molar-refractivity contribution in [2.24, 2.45) is 0 Å². The van der Waals surface area contributed by atoms with Crippen LogP contribution in [-0.2, 0) is 19.1 Å². The highest BCUT2D eigenvalue weighted by atomic mass is 35.5. The third kappa shape index (κ3) is 7.46. The average Bonchev–Trinajstić information content (AvgIpc) is 3.47. The number of aromatic carboxylic acids is 1. The van der Waals surface area contributed by atoms with Crippen LogP contribution in [-0.4, -0.2) is 86.2 Å². The molecule has 0 aliphatic carbocycles. The Morgan fingerprint density at radius 1 is 1.10 bits per heavy atom. The Bertz CT molecular complexity index is 1370. The van der Waals surface area contributed by atoms with Gasteiger partial charge in [-0.1, -0.05) is 11.6 Å². The van der Waals surface area contributed by atoms with Crippen molar-refractivity contribution >= 4 is 47.1 Å². The van der Waals surface area contributed by atoms with Crippen molar-refractivity contribution in [2.75, 3.05) is 31.6 Å². The Labute approximate surface area is 227 Å². The summed E-state index contributed by atoms with van der Waals surface area (Å²) in [7, 11) is 0. The summed E-state index contributed by atoms with van der Waals surface area (Å²) in [6, 6.07) is 9.25. The lowest BCUT2D eigenvalue weighted by atomic mass is 10.1. The molecular formula is C25H24ClN7O6. The van der Waals surface area contributed by atoms with Crippen molar-refractivity contribution < 1.29 is 29.0 Å². The van der Waals surface area contributed by atoms with Crippen LogP contribution in [0.2, 0.25) is 5.02 Å². The van der Waals surface area contributed by atoms with Gasteiger partial charge in [0, 0.05) is 35.4 Å². The van der Waals surface area contributed by atoms with E-state index < -0.39 is 23.8 Å². The second kappa shape index (κ2) is 12.8. The van der Waals surface area contributed by atoms with Crippen LogP contribution in [0.25, 0.3) is 11.8 Å². The van der Waals surface area contributed by atoms with Gasteiger partial charge in [0.2, 0.25) is 17.7 Å². The molecule has 2 heterocycles. The summed E-state index contributed by atoms with van der Waals surface area (Å²) < 4.78 is 6.68. The molecule has 0 saturated carbocycles. The summed E-state index contributed by atoms with van der Waals surface area (Å²) in [4.78, 5) is 51.5. The number of carboxylic acids is 1. The Kier molecular flexibility index (Phi) is 8.97. The molecule has 1 fully saturated rings. The molecule has 2 aromatic carbocycles. The molecule has 3 amide bonds. The highest BCUT2D eigenvalue weighted by molar-refractivity contribution is 6.30. The largest absolute Gasteiger partial charge is 0.478 e. The van der Waals surface area contributed by atoms with Crippen molar-refractivity contribution in [1.82, 2.24) is 30.4 Å². The highest BCUT2D eigenvalue weighted by Crippen LogP contribution is 2.20. The number of hydrogen-bond acceptors (Lipinski definition) is 8. The number of carbonyl (C=O) groups excluding carboxylic acids is 3. The van der Waals surface area contributed by atoms with Crippen molar-refractivity contribution in [1.29, 1.82) is 0 Å². The standard InChI is InChI=1S/C25H24ClN7O6/c26-18-4-7-21(33-15-27-30-31-33)17(13-18)3-8-22(34)29-20(14-23(35)32-9-11-39-12-10-32)24(36)28-19-5-1-16(2-6-19)25(37)38/h1-8,13,15,20H,9-12,14H2,(H,28,36)(H,29,34)(H,37,38). The lowest BCUT2D eigenvalue weighted by Crippen LogP contribution is -2.48. The zero-order chi connectivity index (χ0) is 27.8. The number of carbonyl (C=O) groups is 4. The van der Waals surface area contributed by atoms with E-state index in [1.165, 1.54) is 47.4 Å². The summed E-state index contributed by atoms with van der Waals surface area (Å²) >= 11 is 6.12. The SMILES string of the molecule is O=C(C=Cc1cc(Cl)ccc1-n1cnnn1)NC(CC(=O)N1CCOCC1)C(=O)Nc1ccc(C(=O)O)cc1. The number of rotatable bonds is 9. The Hall–Kier alpha value is -4.62. The first-order valence-corrected chi connectivity index (χ1v) is 12.2. The molecule has 13 nitrogen and oxygen atoms in total. The molecule has 1 aliphatic rings. The number of morpholine rings is 1. The van der Waals surface area contributed by atoms with E-state index in [0.29, 0.717) is 48.3 Å². The number of anilines is 1. The summed E-state index contributed by atoms with van der Waals surface area (Å²) in [5.74, 6) is -2.70. The van der Waals surface area contributed by atoms with E-state index in [0.717, 1.165) is 0 Å². The number of tetrazole rings is 1. The second-order valence-corrected chi connectivity index (χ2v) is 8.86. The summed E-state index contributed by atoms with van der Waals surface area (Å²) in [5, 5.41) is 25.8. The Morgan fingerprint density at radius 3 is 2.51 bits per heavy atom. The van der Waals surface area contributed by atoms with Crippen LogP contribution in [0, 0.1) is 0 Å². The molecule has 1 aliphatic heterocycles. The maximum atomic E-state index is 13.1. The van der Waals surface area contributed by atoms with Gasteiger partial charge in [0.05, 0.1) is 30.9 Å². The minimum Gasteiger partial charge on any atom is -0.478 e. The number of aromatic nitrogens is 4. The Morgan fingerprint density at radius 2 is 1.85 bits per heavy atom. The van der Waals surface area contributed by atoms with E-state index in [1.54, 1.807) is 23.1 Å². The number of benzene rings is 2. The maximum absolute atomic E-state index is 13.1. The van der Waals surface area contributed by atoms with E-state index >= 15 is 0 Å². The number of halogens is 1. The van der Waals surface area contributed by atoms with Crippen LogP contribution in [0.5, 0.6) is 0 Å². The number of hydrogen-bond donors (Lipinski definition) is 3. The third-order valence-corrected chi connectivity index (χ3v) is 6.01. The summed E-state index contributed by atoms with van der Waals surface area (Å²) in [6.07, 6.45) is 3.80. The molecule has 3 aromatic rings. The van der Waals surface area contributed by atoms with Crippen molar-refractivity contribution in [3.8, 4) is 5.69 Å². The quantitative estimate of drug-likeness (QED) is 0.331. The van der Waals surface area contributed by atoms with Crippen molar-refractivity contribution in [3.63, 3.8) is 0 Å². The minimum absolute atomic E-state index is 0.0487. The first-order chi connectivity index (χ1) is 18.8. The molecule has 202 valence electrons. The van der Waals surface area contributed by atoms with Crippen LogP contribution in [0.3, 0.4) is 0 Å². The number of ether oxygens (including phenoxy) is 1. The molecule has 39 heavy (non-hydrogen) atoms. The molecule has 4 rings (SSSR count). The highest BCUT2D eigenvalue weighted by Gasteiger charge is 2.27. The van der Waals surface area contributed by atoms with Gasteiger partial charge in [-0.2, -0.15) is 4.68 Å². The second-order valence-electron chi connectivity index (χ2n) is 8.42. The van der Waals surface area contributed by atoms with Gasteiger partial charge in [-0.05, 0) is 59.0 Å². The molecule has 0 bridgehead atoms. The molecular weight excluding hydrogens is 530 g/mol. The molecule has 1 unspecified atom stereocenters. The van der Waals surface area contributed by atoms with E-state index in [1.807, 2.05) is 0 Å². The zero-order valence-electron chi connectivity index (χ0n) is 20.5. The van der Waals surface area contributed by atoms with Gasteiger partial charge < -0.3 is 25.4 Å². The first-order valence-electron chi connectivity index (χ1n) is 11.8. The first kappa shape index (κ1) is 27.4. The predicted molar refractivity (Wildman–Crippen MR) is 139 cm³/mol. The van der Waals surface area contributed by atoms with E-state index in [2.05, 4.69) is 26.2 Å². The van der Waals surface area contributed by atoms with Crippen LogP contribution in [0.1, 0.15) is 22.3 Å². The maximum Gasteiger partial charge on any atom is 0.335 e. The molecule has 1 aromatic heterocycles. The Balaban J connectivity index is 1.50. The molecule has 1 atom stereocenters. The number of nitrogens with one attached hydrogen (secondary N) is 2. The van der Waals surface area contributed by atoms with Crippen molar-refractivity contribution in [2.45, 2.75) is 12.5 Å². The molecule has 0 spiro atoms. The third-order valence-electron chi connectivity index (χ3n) is 5.77. The lowest BCUT2D eigenvalue weighted by Gasteiger charge is -2.28. The summed E-state index contributed by atoms with van der Waals surface area (Å²) in [6.45, 7) is 1.53. The lowest BCUT2D eigenvalue weighted by molar-refractivity contribution is -0.137. The monoisotopic (exact) mass is 553 g/mol. The number of amides is 3. The molecule has 3 N–H and O–H groups in total. The average molecular weight is 554 g/mol. The molecule has 0 radical (unpaired) electrons. The zero-order valence-corrected chi connectivity index (χ0v) is 21.2. The van der Waals surface area contributed by atoms with Gasteiger partial charge in [-0.25, -0.2) is 4.79 Å². The van der Waals surface area contributed by atoms with Gasteiger partial charge >= 0.3 is 5.97 Å². The van der Waals surface area contributed by atoms with E-state index in [9.17, 15) is 19.2 Å². The minimum atomic E-state index is -1.21. The van der Waals surface area contributed by atoms with Gasteiger partial charge in [0.25, 0.3) is 0 Å². The van der Waals surface area contributed by atoms with Gasteiger partial charge in [0.1, 0.15) is 12.4 Å². The summed E-state index contributed by atoms with van der Waals surface area (Å²) in [5.41, 5.74) is 1.46. The fourth-order valence-electron chi connectivity index (χ4n) is 3.78. The van der Waals surface area contributed by atoms with Gasteiger partial charge in [0.15, 0.2) is 0 Å². The van der Waals surface area contributed by atoms with Gasteiger partial charge in [-0.3, -0.25) is 14.4 Å². The van der Waals surface area contributed by atoms with Gasteiger partial charge in [-0.15, -0.1) is 5.10 Å².